The van der Waals surface area contributed by atoms with Crippen molar-refractivity contribution in [2.75, 3.05) is 27.3 Å². The molecule has 3 rings (SSSR count). The molecule has 0 unspecified atom stereocenters. The van der Waals surface area contributed by atoms with Crippen molar-refractivity contribution >= 4 is 23.7 Å². The summed E-state index contributed by atoms with van der Waals surface area (Å²) in [5.74, 6) is -1.68. The maximum Gasteiger partial charge on any atom is 0.335 e. The lowest BCUT2D eigenvalue weighted by Gasteiger charge is -2.30. The van der Waals surface area contributed by atoms with Gasteiger partial charge in [-0.25, -0.2) is 4.79 Å². The average molecular weight is 513 g/mol. The first-order chi connectivity index (χ1) is 17.8. The van der Waals surface area contributed by atoms with E-state index in [-0.39, 0.29) is 70.7 Å². The van der Waals surface area contributed by atoms with E-state index in [0.29, 0.717) is 25.7 Å². The number of methoxy groups -OCH3 is 2. The molecule has 198 valence electrons. The Hall–Kier alpha value is -4.12. The monoisotopic (exact) mass is 512 g/mol. The summed E-state index contributed by atoms with van der Waals surface area (Å²) in [6.45, 7) is 0.551. The fourth-order valence-electron chi connectivity index (χ4n) is 4.24. The van der Waals surface area contributed by atoms with Crippen LogP contribution in [0.15, 0.2) is 36.4 Å². The molecule has 1 aliphatic rings. The Balaban J connectivity index is 1.62. The Labute approximate surface area is 214 Å². The molecule has 11 heteroatoms. The van der Waals surface area contributed by atoms with E-state index in [4.69, 9.17) is 20.3 Å². The van der Waals surface area contributed by atoms with Crippen LogP contribution in [-0.4, -0.2) is 68.2 Å². The van der Waals surface area contributed by atoms with Gasteiger partial charge in [-0.15, -0.1) is 0 Å². The van der Waals surface area contributed by atoms with Gasteiger partial charge in [0.2, 0.25) is 0 Å². The van der Waals surface area contributed by atoms with Crippen molar-refractivity contribution in [2.24, 2.45) is 5.73 Å². The van der Waals surface area contributed by atoms with Gasteiger partial charge < -0.3 is 36.3 Å². The van der Waals surface area contributed by atoms with Gasteiger partial charge in [0.15, 0.2) is 0 Å². The van der Waals surface area contributed by atoms with Gasteiger partial charge >= 0.3 is 5.97 Å². The predicted molar refractivity (Wildman–Crippen MR) is 135 cm³/mol. The average Bonchev–Trinajstić information content (AvgIpc) is 2.91. The van der Waals surface area contributed by atoms with Gasteiger partial charge in [0.1, 0.15) is 11.5 Å². The minimum absolute atomic E-state index is 0.0491. The molecule has 0 bridgehead atoms. The number of hydrogen-bond donors (Lipinski definition) is 5. The highest BCUT2D eigenvalue weighted by Gasteiger charge is 2.27. The Bertz CT molecular complexity index is 1160. The maximum absolute atomic E-state index is 13.1. The van der Waals surface area contributed by atoms with Gasteiger partial charge in [-0.05, 0) is 49.9 Å². The quantitative estimate of drug-likeness (QED) is 0.319. The molecule has 6 N–H and O–H groups in total. The number of ether oxygens (including phenoxy) is 2. The minimum atomic E-state index is -1.09. The lowest BCUT2D eigenvalue weighted by Crippen LogP contribution is -2.44. The second-order valence-electron chi connectivity index (χ2n) is 8.68. The highest BCUT2D eigenvalue weighted by Crippen LogP contribution is 2.30. The van der Waals surface area contributed by atoms with E-state index in [2.05, 4.69) is 16.0 Å². The molecule has 2 aromatic carbocycles. The fourth-order valence-corrected chi connectivity index (χ4v) is 4.24. The zero-order chi connectivity index (χ0) is 26.9. The molecule has 0 radical (unpaired) electrons. The number of carboxylic acid groups (broad SMARTS) is 1. The van der Waals surface area contributed by atoms with Crippen LogP contribution in [0.3, 0.4) is 0 Å². The normalized spacial score (nSPS) is 16.8. The molecule has 0 saturated heterocycles. The molecule has 0 atom stereocenters. The molecule has 1 aliphatic carbocycles. The van der Waals surface area contributed by atoms with E-state index in [0.717, 1.165) is 0 Å². The van der Waals surface area contributed by atoms with Crippen LogP contribution in [0.4, 0.5) is 0 Å². The number of nitrogens with two attached hydrogens (primary N) is 1. The molecule has 1 saturated carbocycles. The molecule has 0 spiro atoms. The molecule has 37 heavy (non-hydrogen) atoms. The number of carbonyl (C=O) groups is 4. The number of benzene rings is 2. The highest BCUT2D eigenvalue weighted by molar-refractivity contribution is 6.03. The molecular formula is C26H32N4O7. The first kappa shape index (κ1) is 27.5. The summed E-state index contributed by atoms with van der Waals surface area (Å²) in [6, 6.07) is 8.59. The lowest BCUT2D eigenvalue weighted by atomic mass is 9.90. The molecular weight excluding hydrogens is 480 g/mol. The first-order valence-corrected chi connectivity index (χ1v) is 12.0. The summed E-state index contributed by atoms with van der Waals surface area (Å²) < 4.78 is 10.7. The van der Waals surface area contributed by atoms with Crippen molar-refractivity contribution in [3.8, 4) is 11.5 Å². The second kappa shape index (κ2) is 12.7. The fraction of sp³-hybridized carbons (Fsp3) is 0.385. The van der Waals surface area contributed by atoms with Crippen molar-refractivity contribution in [2.45, 2.75) is 37.8 Å². The third-order valence-electron chi connectivity index (χ3n) is 6.21. The number of aromatic carboxylic acids is 1. The molecule has 3 amide bonds. The third-order valence-corrected chi connectivity index (χ3v) is 6.21. The number of amides is 3. The predicted octanol–water partition coefficient (Wildman–Crippen LogP) is 1.56. The summed E-state index contributed by atoms with van der Waals surface area (Å²) >= 11 is 0. The topological polar surface area (TPSA) is 169 Å². The highest BCUT2D eigenvalue weighted by atomic mass is 16.5. The molecule has 0 aliphatic heterocycles. The first-order valence-electron chi connectivity index (χ1n) is 12.0. The standard InChI is InChI=1S/C26H32N4O7/c1-36-21-14-22(37-2)20(13-19(21)24(32)28-11-10-27)25(33)30-18-8-6-17(7-9-18)29-23(31)15-4-3-5-16(12-15)26(34)35/h3-5,12-14,17-18H,6-11,27H2,1-2H3,(H,28,32)(H,29,31)(H,30,33)(H,34,35)/t17-,18-. The van der Waals surface area contributed by atoms with Crippen LogP contribution in [0.1, 0.15) is 67.1 Å². The van der Waals surface area contributed by atoms with Crippen LogP contribution in [-0.2, 0) is 0 Å². The van der Waals surface area contributed by atoms with Gasteiger partial charge in [0, 0.05) is 36.8 Å². The number of nitrogens with one attached hydrogen (secondary N) is 3. The van der Waals surface area contributed by atoms with Crippen molar-refractivity contribution in [1.82, 2.24) is 16.0 Å². The van der Waals surface area contributed by atoms with Gasteiger partial charge in [0.05, 0.1) is 30.9 Å². The van der Waals surface area contributed by atoms with Crippen LogP contribution < -0.4 is 31.2 Å². The van der Waals surface area contributed by atoms with Gasteiger partial charge in [-0.2, -0.15) is 0 Å². The molecule has 11 nitrogen and oxygen atoms in total. The van der Waals surface area contributed by atoms with E-state index in [1.165, 1.54) is 44.6 Å². The van der Waals surface area contributed by atoms with Crippen molar-refractivity contribution in [3.63, 3.8) is 0 Å². The summed E-state index contributed by atoms with van der Waals surface area (Å²) in [4.78, 5) is 49.4. The van der Waals surface area contributed by atoms with Crippen molar-refractivity contribution in [3.05, 3.63) is 58.7 Å². The Kier molecular flexibility index (Phi) is 9.45. The van der Waals surface area contributed by atoms with Gasteiger partial charge in [0.25, 0.3) is 17.7 Å². The van der Waals surface area contributed by atoms with Crippen LogP contribution in [0.5, 0.6) is 11.5 Å². The Morgan fingerprint density at radius 2 is 1.38 bits per heavy atom. The van der Waals surface area contributed by atoms with E-state index < -0.39 is 11.9 Å². The van der Waals surface area contributed by atoms with Crippen LogP contribution in [0.25, 0.3) is 0 Å². The molecule has 0 aromatic heterocycles. The third kappa shape index (κ3) is 6.98. The number of carbonyl (C=O) groups excluding carboxylic acids is 3. The van der Waals surface area contributed by atoms with Crippen molar-refractivity contribution < 1.29 is 33.8 Å². The van der Waals surface area contributed by atoms with E-state index in [1.54, 1.807) is 6.07 Å². The van der Waals surface area contributed by atoms with Crippen LogP contribution >= 0.6 is 0 Å². The van der Waals surface area contributed by atoms with E-state index in [1.807, 2.05) is 0 Å². The number of hydrogen-bond acceptors (Lipinski definition) is 7. The molecule has 1 fully saturated rings. The summed E-state index contributed by atoms with van der Waals surface area (Å²) in [7, 11) is 2.86. The summed E-state index contributed by atoms with van der Waals surface area (Å²) in [5.41, 5.74) is 6.19. The summed E-state index contributed by atoms with van der Waals surface area (Å²) in [6.07, 6.45) is 2.55. The van der Waals surface area contributed by atoms with Crippen molar-refractivity contribution in [1.29, 1.82) is 0 Å². The van der Waals surface area contributed by atoms with E-state index in [9.17, 15) is 19.2 Å². The SMILES string of the molecule is COc1cc(OC)c(C(=O)N[C@H]2CC[C@H](NC(=O)c3cccc(C(=O)O)c3)CC2)cc1C(=O)NCCN. The lowest BCUT2D eigenvalue weighted by molar-refractivity contribution is 0.0696. The Morgan fingerprint density at radius 1 is 0.838 bits per heavy atom. The Morgan fingerprint density at radius 3 is 1.92 bits per heavy atom. The second-order valence-corrected chi connectivity index (χ2v) is 8.68. The van der Waals surface area contributed by atoms with Crippen LogP contribution in [0, 0.1) is 0 Å². The van der Waals surface area contributed by atoms with Gasteiger partial charge in [-0.1, -0.05) is 6.07 Å². The molecule has 2 aromatic rings. The number of rotatable bonds is 10. The zero-order valence-electron chi connectivity index (χ0n) is 20.8. The summed E-state index contributed by atoms with van der Waals surface area (Å²) in [5, 5.41) is 17.7. The maximum atomic E-state index is 13.1. The van der Waals surface area contributed by atoms with Crippen LogP contribution in [0.2, 0.25) is 0 Å². The zero-order valence-corrected chi connectivity index (χ0v) is 20.8. The largest absolute Gasteiger partial charge is 0.496 e. The van der Waals surface area contributed by atoms with Gasteiger partial charge in [-0.3, -0.25) is 14.4 Å². The molecule has 0 heterocycles. The number of carboxylic acids is 1. The minimum Gasteiger partial charge on any atom is -0.496 e. The van der Waals surface area contributed by atoms with E-state index >= 15 is 0 Å². The smallest absolute Gasteiger partial charge is 0.335 e.